The fourth-order valence-corrected chi connectivity index (χ4v) is 2.30. The van der Waals surface area contributed by atoms with Crippen LogP contribution in [0.2, 0.25) is 0 Å². The average Bonchev–Trinajstić information content (AvgIpc) is 2.84. The van der Waals surface area contributed by atoms with E-state index in [0.29, 0.717) is 25.3 Å². The molecule has 0 radical (unpaired) electrons. The quantitative estimate of drug-likeness (QED) is 0.776. The zero-order valence-electron chi connectivity index (χ0n) is 11.2. The predicted octanol–water partition coefficient (Wildman–Crippen LogP) is 1.54. The van der Waals surface area contributed by atoms with Crippen molar-refractivity contribution in [1.82, 2.24) is 9.88 Å². The Morgan fingerprint density at radius 2 is 2.32 bits per heavy atom. The van der Waals surface area contributed by atoms with Crippen LogP contribution < -0.4 is 0 Å². The van der Waals surface area contributed by atoms with Gasteiger partial charge in [0.25, 0.3) is 5.91 Å². The molecule has 1 aromatic rings. The number of ether oxygens (including phenoxy) is 1. The molecule has 1 unspecified atom stereocenters. The first kappa shape index (κ1) is 13.6. The number of oxazole rings is 1. The van der Waals surface area contributed by atoms with Crippen molar-refractivity contribution >= 4 is 11.9 Å². The van der Waals surface area contributed by atoms with Gasteiger partial charge in [-0.3, -0.25) is 4.79 Å². The summed E-state index contributed by atoms with van der Waals surface area (Å²) in [6.07, 6.45) is 3.68. The number of carbonyl (C=O) groups is 2. The average molecular weight is 266 g/mol. The van der Waals surface area contributed by atoms with E-state index in [0.717, 1.165) is 12.8 Å². The number of amides is 1. The molecule has 0 bridgehead atoms. The number of carbonyl (C=O) groups excluding carboxylic acids is 2. The van der Waals surface area contributed by atoms with Crippen molar-refractivity contribution in [3.05, 3.63) is 17.8 Å². The second kappa shape index (κ2) is 5.86. The second-order valence-electron chi connectivity index (χ2n) is 4.53. The van der Waals surface area contributed by atoms with Crippen molar-refractivity contribution in [3.63, 3.8) is 0 Å². The van der Waals surface area contributed by atoms with Crippen molar-refractivity contribution in [1.29, 1.82) is 0 Å². The van der Waals surface area contributed by atoms with Gasteiger partial charge >= 0.3 is 5.97 Å². The van der Waals surface area contributed by atoms with Crippen molar-refractivity contribution in [3.8, 4) is 0 Å². The number of esters is 1. The smallest absolute Gasteiger partial charge is 0.328 e. The summed E-state index contributed by atoms with van der Waals surface area (Å²) in [4.78, 5) is 29.7. The first-order chi connectivity index (χ1) is 9.15. The Balaban J connectivity index is 2.18. The van der Waals surface area contributed by atoms with Gasteiger partial charge < -0.3 is 14.1 Å². The molecule has 6 heteroatoms. The molecule has 19 heavy (non-hydrogen) atoms. The van der Waals surface area contributed by atoms with E-state index in [4.69, 9.17) is 9.15 Å². The summed E-state index contributed by atoms with van der Waals surface area (Å²) in [7, 11) is 0. The highest BCUT2D eigenvalue weighted by atomic mass is 16.5. The van der Waals surface area contributed by atoms with Crippen LogP contribution in [0.15, 0.2) is 10.8 Å². The van der Waals surface area contributed by atoms with Crippen LogP contribution in [0.25, 0.3) is 0 Å². The third-order valence-corrected chi connectivity index (χ3v) is 3.26. The highest BCUT2D eigenvalue weighted by Crippen LogP contribution is 2.21. The van der Waals surface area contributed by atoms with Gasteiger partial charge in [-0.1, -0.05) is 0 Å². The van der Waals surface area contributed by atoms with E-state index in [1.165, 1.54) is 11.3 Å². The summed E-state index contributed by atoms with van der Waals surface area (Å²) in [5.74, 6) is -0.420. The van der Waals surface area contributed by atoms with Gasteiger partial charge in [0.15, 0.2) is 6.39 Å². The summed E-state index contributed by atoms with van der Waals surface area (Å²) in [6, 6.07) is -0.509. The fourth-order valence-electron chi connectivity index (χ4n) is 2.30. The zero-order valence-corrected chi connectivity index (χ0v) is 11.2. The molecule has 0 aromatic carbocycles. The number of aromatic nitrogens is 1. The molecule has 1 saturated heterocycles. The largest absolute Gasteiger partial charge is 0.464 e. The number of nitrogens with zero attached hydrogens (tertiary/aromatic N) is 2. The van der Waals surface area contributed by atoms with Gasteiger partial charge in [-0.25, -0.2) is 9.78 Å². The predicted molar refractivity (Wildman–Crippen MR) is 66.5 cm³/mol. The maximum absolute atomic E-state index is 12.4. The van der Waals surface area contributed by atoms with Gasteiger partial charge in [0.2, 0.25) is 5.76 Å². The monoisotopic (exact) mass is 266 g/mol. The van der Waals surface area contributed by atoms with E-state index in [1.54, 1.807) is 13.8 Å². The molecule has 0 saturated carbocycles. The van der Waals surface area contributed by atoms with Crippen LogP contribution in [-0.2, 0) is 9.53 Å². The standard InChI is InChI=1S/C13H18N2O4/c1-3-18-13(17)10-6-4-5-7-15(10)12(16)11-9(2)14-8-19-11/h8,10H,3-7H2,1-2H3. The molecule has 1 aliphatic rings. The Bertz CT molecular complexity index is 469. The minimum atomic E-state index is -0.509. The highest BCUT2D eigenvalue weighted by Gasteiger charge is 2.35. The van der Waals surface area contributed by atoms with Crippen LogP contribution in [-0.4, -0.2) is 41.0 Å². The summed E-state index contributed by atoms with van der Waals surface area (Å²) in [6.45, 7) is 4.33. The normalized spacial score (nSPS) is 19.3. The summed E-state index contributed by atoms with van der Waals surface area (Å²) < 4.78 is 10.1. The topological polar surface area (TPSA) is 72.6 Å². The highest BCUT2D eigenvalue weighted by molar-refractivity contribution is 5.95. The maximum Gasteiger partial charge on any atom is 0.328 e. The van der Waals surface area contributed by atoms with Crippen molar-refractivity contribution in [2.24, 2.45) is 0 Å². The van der Waals surface area contributed by atoms with Gasteiger partial charge in [-0.2, -0.15) is 0 Å². The van der Waals surface area contributed by atoms with Crippen LogP contribution in [0.5, 0.6) is 0 Å². The minimum Gasteiger partial charge on any atom is -0.464 e. The lowest BCUT2D eigenvalue weighted by atomic mass is 10.0. The zero-order chi connectivity index (χ0) is 13.8. The van der Waals surface area contributed by atoms with Gasteiger partial charge in [0.1, 0.15) is 6.04 Å². The van der Waals surface area contributed by atoms with E-state index in [2.05, 4.69) is 4.98 Å². The molecular weight excluding hydrogens is 248 g/mol. The van der Waals surface area contributed by atoms with Crippen LogP contribution in [0.3, 0.4) is 0 Å². The van der Waals surface area contributed by atoms with Crippen molar-refractivity contribution < 1.29 is 18.7 Å². The van der Waals surface area contributed by atoms with E-state index in [-0.39, 0.29) is 17.6 Å². The molecule has 2 heterocycles. The second-order valence-corrected chi connectivity index (χ2v) is 4.53. The molecule has 1 fully saturated rings. The number of piperidine rings is 1. The van der Waals surface area contributed by atoms with E-state index in [9.17, 15) is 9.59 Å². The molecule has 6 nitrogen and oxygen atoms in total. The Kier molecular flexibility index (Phi) is 4.19. The first-order valence-electron chi connectivity index (χ1n) is 6.52. The van der Waals surface area contributed by atoms with Gasteiger partial charge in [-0.05, 0) is 33.1 Å². The third kappa shape index (κ3) is 2.77. The third-order valence-electron chi connectivity index (χ3n) is 3.26. The molecule has 0 aliphatic carbocycles. The van der Waals surface area contributed by atoms with Crippen LogP contribution in [0, 0.1) is 6.92 Å². The van der Waals surface area contributed by atoms with E-state index in [1.807, 2.05) is 0 Å². The Hall–Kier alpha value is -1.85. The SMILES string of the molecule is CCOC(=O)C1CCCCN1C(=O)c1ocnc1C. The number of likely N-dealkylation sites (tertiary alicyclic amines) is 1. The van der Waals surface area contributed by atoms with E-state index < -0.39 is 6.04 Å². The Morgan fingerprint density at radius 1 is 1.53 bits per heavy atom. The van der Waals surface area contributed by atoms with Gasteiger partial charge in [0.05, 0.1) is 12.3 Å². The van der Waals surface area contributed by atoms with Crippen LogP contribution >= 0.6 is 0 Å². The van der Waals surface area contributed by atoms with E-state index >= 15 is 0 Å². The summed E-state index contributed by atoms with van der Waals surface area (Å²) in [5, 5.41) is 0. The van der Waals surface area contributed by atoms with Crippen LogP contribution in [0.4, 0.5) is 0 Å². The van der Waals surface area contributed by atoms with Crippen molar-refractivity contribution in [2.45, 2.75) is 39.2 Å². The lowest BCUT2D eigenvalue weighted by Crippen LogP contribution is -2.48. The number of hydrogen-bond donors (Lipinski definition) is 0. The Labute approximate surface area is 111 Å². The molecule has 1 atom stereocenters. The maximum atomic E-state index is 12.4. The lowest BCUT2D eigenvalue weighted by Gasteiger charge is -2.33. The molecule has 1 aliphatic heterocycles. The molecule has 1 aromatic heterocycles. The summed E-state index contributed by atoms with van der Waals surface area (Å²) >= 11 is 0. The number of aryl methyl sites for hydroxylation is 1. The van der Waals surface area contributed by atoms with Crippen LogP contribution in [0.1, 0.15) is 42.4 Å². The fraction of sp³-hybridized carbons (Fsp3) is 0.615. The minimum absolute atomic E-state index is 0.205. The Morgan fingerprint density at radius 3 is 2.95 bits per heavy atom. The number of rotatable bonds is 3. The van der Waals surface area contributed by atoms with Crippen molar-refractivity contribution in [2.75, 3.05) is 13.2 Å². The molecule has 1 amide bonds. The summed E-state index contributed by atoms with van der Waals surface area (Å²) in [5.41, 5.74) is 0.540. The molecule has 0 N–H and O–H groups in total. The lowest BCUT2D eigenvalue weighted by molar-refractivity contribution is -0.149. The first-order valence-corrected chi connectivity index (χ1v) is 6.52. The van der Waals surface area contributed by atoms with Gasteiger partial charge in [0, 0.05) is 6.54 Å². The molecule has 0 spiro atoms. The molecular formula is C13H18N2O4. The number of hydrogen-bond acceptors (Lipinski definition) is 5. The molecule has 104 valence electrons. The molecule has 2 rings (SSSR count). The van der Waals surface area contributed by atoms with Gasteiger partial charge in [-0.15, -0.1) is 0 Å².